The Morgan fingerprint density at radius 1 is 1.08 bits per heavy atom. The van der Waals surface area contributed by atoms with Crippen LogP contribution in [0.2, 0.25) is 0 Å². The molecule has 1 unspecified atom stereocenters. The SMILES string of the molecule is CCCCCCCCCC(CC(=O)CCc1ccc(O)c(OC)c1)OC. The van der Waals surface area contributed by atoms with E-state index in [1.807, 2.05) is 6.07 Å². The highest BCUT2D eigenvalue weighted by Crippen LogP contribution is 2.26. The predicted molar refractivity (Wildman–Crippen MR) is 106 cm³/mol. The Labute approximate surface area is 158 Å². The number of hydrogen-bond acceptors (Lipinski definition) is 4. The van der Waals surface area contributed by atoms with Gasteiger partial charge >= 0.3 is 0 Å². The standard InChI is InChI=1S/C22H36O4/c1-4-5-6-7-8-9-10-11-20(25-2)17-19(23)14-12-18-13-15-21(24)22(16-18)26-3/h13,15-16,20,24H,4-12,14,17H2,1-3H3. The van der Waals surface area contributed by atoms with Gasteiger partial charge in [-0.1, -0.05) is 57.9 Å². The van der Waals surface area contributed by atoms with Crippen molar-refractivity contribution in [1.29, 1.82) is 0 Å². The van der Waals surface area contributed by atoms with Crippen molar-refractivity contribution >= 4 is 5.78 Å². The number of phenols is 1. The third kappa shape index (κ3) is 9.23. The van der Waals surface area contributed by atoms with Gasteiger partial charge in [0.15, 0.2) is 11.5 Å². The second-order valence-electron chi connectivity index (χ2n) is 7.02. The molecule has 0 saturated carbocycles. The van der Waals surface area contributed by atoms with Gasteiger partial charge in [-0.25, -0.2) is 0 Å². The van der Waals surface area contributed by atoms with E-state index in [-0.39, 0.29) is 17.6 Å². The van der Waals surface area contributed by atoms with Gasteiger partial charge < -0.3 is 14.6 Å². The molecule has 0 aromatic heterocycles. The molecule has 0 bridgehead atoms. The highest BCUT2D eigenvalue weighted by atomic mass is 16.5. The van der Waals surface area contributed by atoms with Gasteiger partial charge in [0.1, 0.15) is 5.78 Å². The smallest absolute Gasteiger partial charge is 0.160 e. The Balaban J connectivity index is 2.25. The summed E-state index contributed by atoms with van der Waals surface area (Å²) in [6.45, 7) is 2.23. The molecule has 0 fully saturated rings. The van der Waals surface area contributed by atoms with E-state index in [1.165, 1.54) is 45.6 Å². The summed E-state index contributed by atoms with van der Waals surface area (Å²) in [5, 5.41) is 9.62. The molecule has 26 heavy (non-hydrogen) atoms. The quantitative estimate of drug-likeness (QED) is 0.421. The fourth-order valence-electron chi connectivity index (χ4n) is 3.15. The van der Waals surface area contributed by atoms with E-state index in [0.717, 1.165) is 18.4 Å². The number of phenolic OH excluding ortho intramolecular Hbond substituents is 1. The van der Waals surface area contributed by atoms with Gasteiger partial charge in [0.05, 0.1) is 13.2 Å². The number of ketones is 1. The van der Waals surface area contributed by atoms with Crippen molar-refractivity contribution in [2.24, 2.45) is 0 Å². The molecule has 1 aromatic carbocycles. The van der Waals surface area contributed by atoms with Crippen LogP contribution in [-0.4, -0.2) is 31.2 Å². The molecule has 1 aromatic rings. The highest BCUT2D eigenvalue weighted by Gasteiger charge is 2.13. The summed E-state index contributed by atoms with van der Waals surface area (Å²) in [6, 6.07) is 5.23. The van der Waals surface area contributed by atoms with Crippen molar-refractivity contribution in [3.63, 3.8) is 0 Å². The molecule has 1 N–H and O–H groups in total. The number of carbonyl (C=O) groups excluding carboxylic acids is 1. The highest BCUT2D eigenvalue weighted by molar-refractivity contribution is 5.79. The molecule has 0 aliphatic carbocycles. The number of rotatable bonds is 15. The molecule has 1 rings (SSSR count). The minimum absolute atomic E-state index is 0.0347. The summed E-state index contributed by atoms with van der Waals surface area (Å²) >= 11 is 0. The summed E-state index contributed by atoms with van der Waals surface area (Å²) in [6.07, 6.45) is 11.6. The Kier molecular flexibility index (Phi) is 11.8. The van der Waals surface area contributed by atoms with E-state index in [9.17, 15) is 9.90 Å². The zero-order valence-corrected chi connectivity index (χ0v) is 16.8. The molecule has 148 valence electrons. The molecular formula is C22H36O4. The van der Waals surface area contributed by atoms with Crippen LogP contribution < -0.4 is 4.74 Å². The first kappa shape index (κ1) is 22.5. The second kappa shape index (κ2) is 13.6. The number of Topliss-reactive ketones (excluding diaryl/α,β-unsaturated/α-hetero) is 1. The molecule has 0 saturated heterocycles. The Morgan fingerprint density at radius 3 is 2.42 bits per heavy atom. The number of hydrogen-bond donors (Lipinski definition) is 1. The van der Waals surface area contributed by atoms with Gasteiger partial charge in [-0.2, -0.15) is 0 Å². The maximum atomic E-state index is 12.3. The Bertz CT molecular complexity index is 513. The fourth-order valence-corrected chi connectivity index (χ4v) is 3.15. The molecule has 4 nitrogen and oxygen atoms in total. The van der Waals surface area contributed by atoms with Gasteiger partial charge in [-0.05, 0) is 30.5 Å². The average molecular weight is 365 g/mol. The summed E-state index contributed by atoms with van der Waals surface area (Å²) < 4.78 is 10.6. The molecule has 0 spiro atoms. The number of ether oxygens (including phenoxy) is 2. The Morgan fingerprint density at radius 2 is 1.77 bits per heavy atom. The van der Waals surface area contributed by atoms with Gasteiger partial charge in [0, 0.05) is 20.0 Å². The number of aromatic hydroxyl groups is 1. The molecule has 0 radical (unpaired) electrons. The van der Waals surface area contributed by atoms with Crippen LogP contribution in [-0.2, 0) is 16.0 Å². The van der Waals surface area contributed by atoms with E-state index in [4.69, 9.17) is 9.47 Å². The van der Waals surface area contributed by atoms with Crippen molar-refractivity contribution in [2.45, 2.75) is 83.7 Å². The number of benzene rings is 1. The van der Waals surface area contributed by atoms with Gasteiger partial charge in [0.25, 0.3) is 0 Å². The molecule has 1 atom stereocenters. The van der Waals surface area contributed by atoms with Crippen LogP contribution in [0.4, 0.5) is 0 Å². The lowest BCUT2D eigenvalue weighted by atomic mass is 10.00. The minimum Gasteiger partial charge on any atom is -0.504 e. The zero-order valence-electron chi connectivity index (χ0n) is 16.8. The van der Waals surface area contributed by atoms with Crippen LogP contribution in [0.25, 0.3) is 0 Å². The molecule has 0 amide bonds. The lowest BCUT2D eigenvalue weighted by molar-refractivity contribution is -0.121. The predicted octanol–water partition coefficient (Wildman–Crippen LogP) is 5.45. The first-order valence-corrected chi connectivity index (χ1v) is 10.0. The van der Waals surface area contributed by atoms with Crippen molar-refractivity contribution in [1.82, 2.24) is 0 Å². The van der Waals surface area contributed by atoms with Gasteiger partial charge in [0.2, 0.25) is 0 Å². The van der Waals surface area contributed by atoms with Gasteiger partial charge in [-0.15, -0.1) is 0 Å². The monoisotopic (exact) mass is 364 g/mol. The lowest BCUT2D eigenvalue weighted by Crippen LogP contribution is -2.16. The first-order chi connectivity index (χ1) is 12.6. The molecule has 0 aliphatic heterocycles. The third-order valence-electron chi connectivity index (χ3n) is 4.85. The van der Waals surface area contributed by atoms with Crippen molar-refractivity contribution in [3.05, 3.63) is 23.8 Å². The zero-order chi connectivity index (χ0) is 19.2. The van der Waals surface area contributed by atoms with E-state index in [0.29, 0.717) is 25.0 Å². The number of methoxy groups -OCH3 is 2. The van der Waals surface area contributed by atoms with Crippen molar-refractivity contribution in [2.75, 3.05) is 14.2 Å². The van der Waals surface area contributed by atoms with Crippen LogP contribution in [0, 0.1) is 0 Å². The van der Waals surface area contributed by atoms with Crippen LogP contribution in [0.5, 0.6) is 11.5 Å². The van der Waals surface area contributed by atoms with E-state index >= 15 is 0 Å². The summed E-state index contributed by atoms with van der Waals surface area (Å²) in [5.41, 5.74) is 0.994. The Hall–Kier alpha value is -1.55. The lowest BCUT2D eigenvalue weighted by Gasteiger charge is -2.14. The van der Waals surface area contributed by atoms with Gasteiger partial charge in [-0.3, -0.25) is 4.79 Å². The van der Waals surface area contributed by atoms with Crippen LogP contribution in [0.15, 0.2) is 18.2 Å². The van der Waals surface area contributed by atoms with Crippen molar-refractivity contribution < 1.29 is 19.4 Å². The molecular weight excluding hydrogens is 328 g/mol. The fraction of sp³-hybridized carbons (Fsp3) is 0.682. The average Bonchev–Trinajstić information content (AvgIpc) is 2.65. The normalized spacial score (nSPS) is 12.1. The summed E-state index contributed by atoms with van der Waals surface area (Å²) in [7, 11) is 3.22. The van der Waals surface area contributed by atoms with E-state index < -0.39 is 0 Å². The molecule has 0 aliphatic rings. The van der Waals surface area contributed by atoms with E-state index in [1.54, 1.807) is 19.2 Å². The first-order valence-electron chi connectivity index (χ1n) is 10.0. The van der Waals surface area contributed by atoms with Crippen molar-refractivity contribution in [3.8, 4) is 11.5 Å². The third-order valence-corrected chi connectivity index (χ3v) is 4.85. The summed E-state index contributed by atoms with van der Waals surface area (Å²) in [5.74, 6) is 0.798. The van der Waals surface area contributed by atoms with E-state index in [2.05, 4.69) is 6.92 Å². The maximum Gasteiger partial charge on any atom is 0.160 e. The molecule has 4 heteroatoms. The number of unbranched alkanes of at least 4 members (excludes halogenated alkanes) is 6. The number of carbonyl (C=O) groups is 1. The maximum absolute atomic E-state index is 12.3. The molecule has 0 heterocycles. The largest absolute Gasteiger partial charge is 0.504 e. The summed E-state index contributed by atoms with van der Waals surface area (Å²) in [4.78, 5) is 12.3. The second-order valence-corrected chi connectivity index (χ2v) is 7.02. The topological polar surface area (TPSA) is 55.8 Å². The van der Waals surface area contributed by atoms with Crippen LogP contribution in [0.3, 0.4) is 0 Å². The van der Waals surface area contributed by atoms with Crippen LogP contribution in [0.1, 0.15) is 76.7 Å². The minimum atomic E-state index is 0.0347. The number of aryl methyl sites for hydroxylation is 1. The van der Waals surface area contributed by atoms with Crippen LogP contribution >= 0.6 is 0 Å².